The van der Waals surface area contributed by atoms with Gasteiger partial charge in [0.2, 0.25) is 0 Å². The highest BCUT2D eigenvalue weighted by Gasteiger charge is 2.19. The Morgan fingerprint density at radius 2 is 1.94 bits per heavy atom. The third kappa shape index (κ3) is 3.55. The Labute approximate surface area is 115 Å². The lowest BCUT2D eigenvalue weighted by atomic mass is 9.83. The first-order valence-electron chi connectivity index (χ1n) is 7.23. The fourth-order valence-electron chi connectivity index (χ4n) is 2.92. The number of thiazole rings is 1. The molecule has 1 aromatic heterocycles. The minimum atomic E-state index is 0.454. The van der Waals surface area contributed by atoms with Gasteiger partial charge in [-0.15, -0.1) is 11.3 Å². The molecule has 1 fully saturated rings. The summed E-state index contributed by atoms with van der Waals surface area (Å²) in [5.74, 6) is 1.84. The second kappa shape index (κ2) is 6.16. The van der Waals surface area contributed by atoms with Gasteiger partial charge in [-0.1, -0.05) is 19.8 Å². The van der Waals surface area contributed by atoms with Crippen molar-refractivity contribution in [1.82, 2.24) is 10.3 Å². The lowest BCUT2D eigenvalue weighted by Gasteiger charge is -2.27. The van der Waals surface area contributed by atoms with Gasteiger partial charge in [-0.2, -0.15) is 0 Å². The van der Waals surface area contributed by atoms with E-state index in [1.807, 2.05) is 11.3 Å². The van der Waals surface area contributed by atoms with E-state index in [1.165, 1.54) is 47.8 Å². The molecule has 0 bridgehead atoms. The third-order valence-electron chi connectivity index (χ3n) is 4.18. The number of hydrogen-bond donors (Lipinski definition) is 1. The van der Waals surface area contributed by atoms with Crippen molar-refractivity contribution >= 4 is 11.3 Å². The van der Waals surface area contributed by atoms with Gasteiger partial charge in [0, 0.05) is 10.9 Å². The molecule has 0 saturated heterocycles. The van der Waals surface area contributed by atoms with Crippen LogP contribution < -0.4 is 5.32 Å². The summed E-state index contributed by atoms with van der Waals surface area (Å²) in [6.45, 7) is 10.0. The van der Waals surface area contributed by atoms with Crippen molar-refractivity contribution < 1.29 is 0 Å². The normalized spacial score (nSPS) is 26.2. The zero-order valence-electron chi connectivity index (χ0n) is 12.1. The fourth-order valence-corrected chi connectivity index (χ4v) is 3.87. The fraction of sp³-hybridized carbons (Fsp3) is 0.800. The second-order valence-electron chi connectivity index (χ2n) is 5.94. The number of aromatic nitrogens is 1. The summed E-state index contributed by atoms with van der Waals surface area (Å²) in [4.78, 5) is 5.93. The minimum absolute atomic E-state index is 0.454. The minimum Gasteiger partial charge on any atom is -0.309 e. The van der Waals surface area contributed by atoms with E-state index in [4.69, 9.17) is 0 Å². The summed E-state index contributed by atoms with van der Waals surface area (Å²) in [5, 5.41) is 4.89. The predicted molar refractivity (Wildman–Crippen MR) is 79.1 cm³/mol. The molecule has 1 saturated carbocycles. The Morgan fingerprint density at radius 1 is 1.28 bits per heavy atom. The molecule has 0 amide bonds. The van der Waals surface area contributed by atoms with E-state index in [0.717, 1.165) is 11.8 Å². The van der Waals surface area contributed by atoms with Gasteiger partial charge in [0.25, 0.3) is 0 Å². The molecular formula is C15H26N2S. The molecule has 2 rings (SSSR count). The molecule has 2 nitrogen and oxygen atoms in total. The molecule has 1 heterocycles. The monoisotopic (exact) mass is 266 g/mol. The van der Waals surface area contributed by atoms with Gasteiger partial charge in [0.15, 0.2) is 0 Å². The molecule has 0 aliphatic heterocycles. The summed E-state index contributed by atoms with van der Waals surface area (Å²) in [6.07, 6.45) is 5.64. The Hall–Kier alpha value is -0.410. The third-order valence-corrected chi connectivity index (χ3v) is 5.44. The molecule has 0 radical (unpaired) electrons. The maximum atomic E-state index is 4.52. The van der Waals surface area contributed by atoms with E-state index >= 15 is 0 Å². The summed E-state index contributed by atoms with van der Waals surface area (Å²) in [7, 11) is 0. The number of hydrogen-bond acceptors (Lipinski definition) is 3. The van der Waals surface area contributed by atoms with E-state index in [-0.39, 0.29) is 0 Å². The maximum absolute atomic E-state index is 4.52. The van der Waals surface area contributed by atoms with Crippen LogP contribution in [0, 0.1) is 25.7 Å². The molecule has 1 unspecified atom stereocenters. The first-order valence-corrected chi connectivity index (χ1v) is 8.05. The number of aryl methyl sites for hydroxylation is 2. The molecule has 1 N–H and O–H groups in total. The van der Waals surface area contributed by atoms with Gasteiger partial charge in [0.05, 0.1) is 10.7 Å². The Bertz CT molecular complexity index is 378. The first-order chi connectivity index (χ1) is 8.56. The average Bonchev–Trinajstić information content (AvgIpc) is 2.67. The van der Waals surface area contributed by atoms with Crippen LogP contribution in [0.2, 0.25) is 0 Å². The number of rotatable bonds is 4. The first kappa shape index (κ1) is 14.0. The lowest BCUT2D eigenvalue weighted by molar-refractivity contribution is 0.276. The van der Waals surface area contributed by atoms with E-state index < -0.39 is 0 Å². The number of nitrogens with zero attached hydrogens (tertiary/aromatic N) is 1. The molecule has 1 aliphatic carbocycles. The molecule has 1 atom stereocenters. The molecular weight excluding hydrogens is 240 g/mol. The van der Waals surface area contributed by atoms with Crippen molar-refractivity contribution in [1.29, 1.82) is 0 Å². The SMILES string of the molecule is Cc1nc(C)c(C(C)NCC2CCC(C)CC2)s1. The molecule has 0 aromatic carbocycles. The van der Waals surface area contributed by atoms with Crippen LogP contribution in [0.1, 0.15) is 61.2 Å². The average molecular weight is 266 g/mol. The lowest BCUT2D eigenvalue weighted by Crippen LogP contribution is -2.28. The largest absolute Gasteiger partial charge is 0.309 e. The van der Waals surface area contributed by atoms with Crippen molar-refractivity contribution in [3.05, 3.63) is 15.6 Å². The molecule has 0 spiro atoms. The predicted octanol–water partition coefficient (Wildman–Crippen LogP) is 4.24. The van der Waals surface area contributed by atoms with Gasteiger partial charge in [-0.3, -0.25) is 0 Å². The molecule has 102 valence electrons. The van der Waals surface area contributed by atoms with E-state index in [0.29, 0.717) is 6.04 Å². The van der Waals surface area contributed by atoms with Gasteiger partial charge < -0.3 is 5.32 Å². The quantitative estimate of drug-likeness (QED) is 0.882. The highest BCUT2D eigenvalue weighted by molar-refractivity contribution is 7.11. The van der Waals surface area contributed by atoms with Crippen LogP contribution in [-0.2, 0) is 0 Å². The highest BCUT2D eigenvalue weighted by Crippen LogP contribution is 2.29. The zero-order valence-corrected chi connectivity index (χ0v) is 12.9. The van der Waals surface area contributed by atoms with E-state index in [1.54, 1.807) is 0 Å². The maximum Gasteiger partial charge on any atom is 0.0900 e. The Morgan fingerprint density at radius 3 is 2.50 bits per heavy atom. The van der Waals surface area contributed by atoms with Crippen LogP contribution in [0.3, 0.4) is 0 Å². The Balaban J connectivity index is 1.81. The van der Waals surface area contributed by atoms with Crippen LogP contribution >= 0.6 is 11.3 Å². The molecule has 3 heteroatoms. The van der Waals surface area contributed by atoms with Crippen LogP contribution in [0.4, 0.5) is 0 Å². The van der Waals surface area contributed by atoms with Gasteiger partial charge in [-0.05, 0) is 52.0 Å². The van der Waals surface area contributed by atoms with Crippen molar-refractivity contribution in [2.45, 2.75) is 59.4 Å². The summed E-state index contributed by atoms with van der Waals surface area (Å²) in [6, 6.07) is 0.454. The highest BCUT2D eigenvalue weighted by atomic mass is 32.1. The van der Waals surface area contributed by atoms with E-state index in [2.05, 4.69) is 38.0 Å². The van der Waals surface area contributed by atoms with Crippen LogP contribution in [0.5, 0.6) is 0 Å². The van der Waals surface area contributed by atoms with Gasteiger partial charge in [-0.25, -0.2) is 4.98 Å². The van der Waals surface area contributed by atoms with Crippen LogP contribution in [0.15, 0.2) is 0 Å². The smallest absolute Gasteiger partial charge is 0.0900 e. The van der Waals surface area contributed by atoms with E-state index in [9.17, 15) is 0 Å². The number of nitrogens with one attached hydrogen (secondary N) is 1. The molecule has 1 aromatic rings. The Kier molecular flexibility index (Phi) is 4.79. The molecule has 18 heavy (non-hydrogen) atoms. The summed E-state index contributed by atoms with van der Waals surface area (Å²) in [5.41, 5.74) is 1.20. The van der Waals surface area contributed by atoms with Crippen LogP contribution in [-0.4, -0.2) is 11.5 Å². The van der Waals surface area contributed by atoms with Crippen molar-refractivity contribution in [3.63, 3.8) is 0 Å². The summed E-state index contributed by atoms with van der Waals surface area (Å²) >= 11 is 1.84. The second-order valence-corrected chi connectivity index (χ2v) is 7.17. The standard InChI is InChI=1S/C15H26N2S/c1-10-5-7-14(8-6-10)9-16-11(2)15-12(3)17-13(4)18-15/h10-11,14,16H,5-9H2,1-4H3. The topological polar surface area (TPSA) is 24.9 Å². The molecule has 1 aliphatic rings. The van der Waals surface area contributed by atoms with Gasteiger partial charge >= 0.3 is 0 Å². The van der Waals surface area contributed by atoms with Crippen molar-refractivity contribution in [2.75, 3.05) is 6.54 Å². The van der Waals surface area contributed by atoms with Crippen molar-refractivity contribution in [3.8, 4) is 0 Å². The van der Waals surface area contributed by atoms with Crippen LogP contribution in [0.25, 0.3) is 0 Å². The summed E-state index contributed by atoms with van der Waals surface area (Å²) < 4.78 is 0. The van der Waals surface area contributed by atoms with Gasteiger partial charge in [0.1, 0.15) is 0 Å². The zero-order chi connectivity index (χ0) is 13.1. The van der Waals surface area contributed by atoms with Crippen molar-refractivity contribution in [2.24, 2.45) is 11.8 Å².